The summed E-state index contributed by atoms with van der Waals surface area (Å²) in [6.45, 7) is 8.35. The van der Waals surface area contributed by atoms with Crippen LogP contribution in [-0.2, 0) is 4.79 Å². The number of aliphatic hydroxyl groups excluding tert-OH is 1. The zero-order valence-corrected chi connectivity index (χ0v) is 12.1. The summed E-state index contributed by atoms with van der Waals surface area (Å²) in [7, 11) is 0. The van der Waals surface area contributed by atoms with E-state index in [2.05, 4.69) is 26.1 Å². The van der Waals surface area contributed by atoms with Crippen molar-refractivity contribution in [2.75, 3.05) is 6.61 Å². The van der Waals surface area contributed by atoms with Crippen molar-refractivity contribution in [1.82, 2.24) is 5.32 Å². The third-order valence-electron chi connectivity index (χ3n) is 4.88. The largest absolute Gasteiger partial charge is 0.394 e. The first kappa shape index (κ1) is 15.4. The second-order valence-corrected chi connectivity index (χ2v) is 6.20. The van der Waals surface area contributed by atoms with Crippen molar-refractivity contribution < 1.29 is 9.90 Å². The molecule has 18 heavy (non-hydrogen) atoms. The molecule has 1 fully saturated rings. The number of rotatable bonds is 4. The van der Waals surface area contributed by atoms with Crippen LogP contribution >= 0.6 is 0 Å². The van der Waals surface area contributed by atoms with E-state index in [1.807, 2.05) is 6.92 Å². The number of nitrogens with one attached hydrogen (secondary N) is 1. The van der Waals surface area contributed by atoms with Gasteiger partial charge in [0.05, 0.1) is 12.6 Å². The Hall–Kier alpha value is -0.610. The highest BCUT2D eigenvalue weighted by atomic mass is 16.3. The Labute approximate surface area is 110 Å². The van der Waals surface area contributed by atoms with E-state index in [0.717, 1.165) is 19.3 Å². The Balaban J connectivity index is 2.73. The number of hydrogen-bond acceptors (Lipinski definition) is 3. The SMILES string of the molecule is CC[C@@H](CO)NC(=O)C1CCC(N)C(C)C1(C)C. The molecule has 4 N–H and O–H groups in total. The van der Waals surface area contributed by atoms with Crippen molar-refractivity contribution in [3.63, 3.8) is 0 Å². The van der Waals surface area contributed by atoms with Crippen molar-refractivity contribution in [3.05, 3.63) is 0 Å². The lowest BCUT2D eigenvalue weighted by Gasteiger charge is -2.46. The highest BCUT2D eigenvalue weighted by Gasteiger charge is 2.45. The molecule has 4 atom stereocenters. The fourth-order valence-electron chi connectivity index (χ4n) is 2.90. The minimum Gasteiger partial charge on any atom is -0.394 e. The Kier molecular flexibility index (Phi) is 5.17. The van der Waals surface area contributed by atoms with Gasteiger partial charge in [-0.15, -0.1) is 0 Å². The second kappa shape index (κ2) is 6.02. The number of amides is 1. The van der Waals surface area contributed by atoms with Gasteiger partial charge in [0, 0.05) is 12.0 Å². The third-order valence-corrected chi connectivity index (χ3v) is 4.88. The lowest BCUT2D eigenvalue weighted by Crippen LogP contribution is -2.53. The van der Waals surface area contributed by atoms with E-state index in [4.69, 9.17) is 10.8 Å². The minimum atomic E-state index is -0.126. The Morgan fingerprint density at radius 1 is 1.50 bits per heavy atom. The van der Waals surface area contributed by atoms with Crippen LogP contribution in [0.1, 0.15) is 47.0 Å². The summed E-state index contributed by atoms with van der Waals surface area (Å²) >= 11 is 0. The van der Waals surface area contributed by atoms with Crippen LogP contribution < -0.4 is 11.1 Å². The van der Waals surface area contributed by atoms with Crippen molar-refractivity contribution in [1.29, 1.82) is 0 Å². The third kappa shape index (κ3) is 3.04. The van der Waals surface area contributed by atoms with Gasteiger partial charge in [0.2, 0.25) is 5.91 Å². The van der Waals surface area contributed by atoms with Crippen molar-refractivity contribution in [3.8, 4) is 0 Å². The normalized spacial score (nSPS) is 32.9. The molecule has 0 radical (unpaired) electrons. The molecule has 4 nitrogen and oxygen atoms in total. The molecule has 3 unspecified atom stereocenters. The van der Waals surface area contributed by atoms with Gasteiger partial charge in [0.15, 0.2) is 0 Å². The van der Waals surface area contributed by atoms with Gasteiger partial charge in [-0.25, -0.2) is 0 Å². The predicted octanol–water partition coefficient (Wildman–Crippen LogP) is 1.27. The first-order valence-corrected chi connectivity index (χ1v) is 7.01. The smallest absolute Gasteiger partial charge is 0.223 e. The topological polar surface area (TPSA) is 75.3 Å². The van der Waals surface area contributed by atoms with E-state index >= 15 is 0 Å². The maximum Gasteiger partial charge on any atom is 0.223 e. The van der Waals surface area contributed by atoms with Gasteiger partial charge in [0.25, 0.3) is 0 Å². The molecular weight excluding hydrogens is 228 g/mol. The fraction of sp³-hybridized carbons (Fsp3) is 0.929. The van der Waals surface area contributed by atoms with Gasteiger partial charge in [-0.3, -0.25) is 4.79 Å². The average Bonchev–Trinajstić information content (AvgIpc) is 2.32. The lowest BCUT2D eigenvalue weighted by atomic mass is 9.61. The summed E-state index contributed by atoms with van der Waals surface area (Å²) in [4.78, 5) is 12.3. The maximum atomic E-state index is 12.3. The van der Waals surface area contributed by atoms with Gasteiger partial charge in [-0.2, -0.15) is 0 Å². The van der Waals surface area contributed by atoms with Crippen molar-refractivity contribution in [2.24, 2.45) is 23.0 Å². The Morgan fingerprint density at radius 2 is 2.11 bits per heavy atom. The summed E-state index contributed by atoms with van der Waals surface area (Å²) in [5.41, 5.74) is 6.01. The standard InChI is InChI=1S/C14H28N2O2/c1-5-10(8-17)16-13(18)11-6-7-12(15)9(2)14(11,3)4/h9-12,17H,5-8,15H2,1-4H3,(H,16,18)/t9?,10-,11?,12?/m0/s1. The van der Waals surface area contributed by atoms with Gasteiger partial charge >= 0.3 is 0 Å². The van der Waals surface area contributed by atoms with E-state index in [0.29, 0.717) is 5.92 Å². The van der Waals surface area contributed by atoms with E-state index in [1.165, 1.54) is 0 Å². The second-order valence-electron chi connectivity index (χ2n) is 6.20. The zero-order chi connectivity index (χ0) is 13.9. The van der Waals surface area contributed by atoms with Crippen LogP contribution in [-0.4, -0.2) is 29.7 Å². The molecule has 1 saturated carbocycles. The molecule has 1 amide bonds. The minimum absolute atomic E-state index is 0.00442. The number of carbonyl (C=O) groups excluding carboxylic acids is 1. The molecule has 106 valence electrons. The van der Waals surface area contributed by atoms with Crippen LogP contribution in [0.2, 0.25) is 0 Å². The number of hydrogen-bond donors (Lipinski definition) is 3. The Bertz CT molecular complexity index is 288. The van der Waals surface area contributed by atoms with Gasteiger partial charge < -0.3 is 16.2 Å². The maximum absolute atomic E-state index is 12.3. The summed E-state index contributed by atoms with van der Waals surface area (Å²) in [5.74, 6) is 0.392. The molecule has 1 aliphatic carbocycles. The summed E-state index contributed by atoms with van der Waals surface area (Å²) in [6, 6.07) is 0.0584. The lowest BCUT2D eigenvalue weighted by molar-refractivity contribution is -0.133. The van der Waals surface area contributed by atoms with Crippen LogP contribution in [0.4, 0.5) is 0 Å². The summed E-state index contributed by atoms with van der Waals surface area (Å²) < 4.78 is 0. The fourth-order valence-corrected chi connectivity index (χ4v) is 2.90. The predicted molar refractivity (Wildman–Crippen MR) is 73.0 cm³/mol. The number of aliphatic hydroxyl groups is 1. The van der Waals surface area contributed by atoms with Crippen LogP contribution in [0.5, 0.6) is 0 Å². The van der Waals surface area contributed by atoms with Crippen molar-refractivity contribution in [2.45, 2.75) is 59.0 Å². The van der Waals surface area contributed by atoms with Gasteiger partial charge in [0.1, 0.15) is 0 Å². The van der Waals surface area contributed by atoms with Crippen LogP contribution in [0.25, 0.3) is 0 Å². The molecule has 0 aromatic rings. The highest BCUT2D eigenvalue weighted by molar-refractivity contribution is 5.80. The Morgan fingerprint density at radius 3 is 2.61 bits per heavy atom. The van der Waals surface area contributed by atoms with Gasteiger partial charge in [-0.1, -0.05) is 27.7 Å². The molecule has 0 bridgehead atoms. The zero-order valence-electron chi connectivity index (χ0n) is 12.1. The molecule has 4 heteroatoms. The molecule has 0 saturated heterocycles. The number of carbonyl (C=O) groups is 1. The van der Waals surface area contributed by atoms with Crippen LogP contribution in [0.15, 0.2) is 0 Å². The summed E-state index contributed by atoms with van der Waals surface area (Å²) in [5, 5.41) is 12.1. The quantitative estimate of drug-likeness (QED) is 0.709. The first-order chi connectivity index (χ1) is 8.34. The molecule has 0 aromatic carbocycles. The monoisotopic (exact) mass is 256 g/mol. The van der Waals surface area contributed by atoms with Crippen LogP contribution in [0.3, 0.4) is 0 Å². The van der Waals surface area contributed by atoms with Crippen LogP contribution in [0, 0.1) is 17.3 Å². The first-order valence-electron chi connectivity index (χ1n) is 7.01. The van der Waals surface area contributed by atoms with E-state index in [1.54, 1.807) is 0 Å². The number of nitrogens with two attached hydrogens (primary N) is 1. The van der Waals surface area contributed by atoms with E-state index in [-0.39, 0.29) is 35.9 Å². The van der Waals surface area contributed by atoms with E-state index < -0.39 is 0 Å². The molecule has 0 spiro atoms. The molecule has 0 aromatic heterocycles. The molecule has 0 heterocycles. The van der Waals surface area contributed by atoms with E-state index in [9.17, 15) is 4.79 Å². The molecule has 1 aliphatic rings. The summed E-state index contributed by atoms with van der Waals surface area (Å²) in [6.07, 6.45) is 2.50. The average molecular weight is 256 g/mol. The molecule has 1 rings (SSSR count). The van der Waals surface area contributed by atoms with Crippen molar-refractivity contribution >= 4 is 5.91 Å². The molecular formula is C14H28N2O2. The van der Waals surface area contributed by atoms with Gasteiger partial charge in [-0.05, 0) is 30.6 Å². The highest BCUT2D eigenvalue weighted by Crippen LogP contribution is 2.44. The molecule has 0 aliphatic heterocycles.